The molecule has 4 rings (SSSR count). The van der Waals surface area contributed by atoms with Gasteiger partial charge in [0.25, 0.3) is 21.8 Å². The third-order valence-corrected chi connectivity index (χ3v) is 7.39. The molecule has 11 heteroatoms. The molecule has 2 amide bonds. The van der Waals surface area contributed by atoms with Crippen LogP contribution in [0.2, 0.25) is 0 Å². The number of hydrogen-bond acceptors (Lipinski definition) is 7. The normalized spacial score (nSPS) is 14.3. The summed E-state index contributed by atoms with van der Waals surface area (Å²) < 4.78 is 27.3. The third kappa shape index (κ3) is 4.12. The summed E-state index contributed by atoms with van der Waals surface area (Å²) >= 11 is 7.33. The molecule has 0 unspecified atom stereocenters. The number of carbonyl (C=O) groups is 2. The van der Waals surface area contributed by atoms with Crippen LogP contribution in [0.3, 0.4) is 0 Å². The Morgan fingerprint density at radius 1 is 1.00 bits per heavy atom. The first-order valence-electron chi connectivity index (χ1n) is 9.32. The Labute approximate surface area is 193 Å². The van der Waals surface area contributed by atoms with Gasteiger partial charge >= 0.3 is 0 Å². The van der Waals surface area contributed by atoms with Crippen molar-refractivity contribution in [2.45, 2.75) is 18.7 Å². The van der Waals surface area contributed by atoms with E-state index in [9.17, 15) is 18.0 Å². The van der Waals surface area contributed by atoms with E-state index in [0.29, 0.717) is 11.4 Å². The van der Waals surface area contributed by atoms with Crippen molar-refractivity contribution in [3.05, 3.63) is 75.9 Å². The molecule has 0 aliphatic carbocycles. The third-order valence-electron chi connectivity index (χ3n) is 4.86. The number of carbonyl (C=O) groups excluding carboxylic acids is 2. The van der Waals surface area contributed by atoms with Crippen LogP contribution < -0.4 is 14.9 Å². The van der Waals surface area contributed by atoms with Gasteiger partial charge < -0.3 is 5.32 Å². The van der Waals surface area contributed by atoms with Gasteiger partial charge in [-0.25, -0.2) is 18.3 Å². The topological polar surface area (TPSA) is 108 Å². The van der Waals surface area contributed by atoms with Crippen molar-refractivity contribution < 1.29 is 18.0 Å². The van der Waals surface area contributed by atoms with Crippen molar-refractivity contribution in [3.8, 4) is 0 Å². The molecule has 32 heavy (non-hydrogen) atoms. The molecular weight excluding hydrogens is 472 g/mol. The lowest BCUT2D eigenvalue weighted by molar-refractivity contribution is -0.120. The summed E-state index contributed by atoms with van der Waals surface area (Å²) in [5, 5.41) is 4.50. The lowest BCUT2D eigenvalue weighted by Gasteiger charge is -2.16. The number of nitrogens with zero attached hydrogens (tertiary/aromatic N) is 2. The number of nitrogens with one attached hydrogen (secondary N) is 2. The molecule has 0 spiro atoms. The molecule has 0 atom stereocenters. The number of benzene rings is 2. The number of anilines is 3. The second-order valence-electron chi connectivity index (χ2n) is 7.00. The smallest absolute Gasteiger partial charge is 0.283 e. The Morgan fingerprint density at radius 2 is 1.72 bits per heavy atom. The first kappa shape index (κ1) is 22.0. The van der Waals surface area contributed by atoms with Crippen LogP contribution in [0.1, 0.15) is 11.1 Å². The zero-order valence-corrected chi connectivity index (χ0v) is 19.3. The fourth-order valence-electron chi connectivity index (χ4n) is 3.02. The van der Waals surface area contributed by atoms with E-state index in [4.69, 9.17) is 11.6 Å². The Balaban J connectivity index is 1.54. The summed E-state index contributed by atoms with van der Waals surface area (Å²) in [4.78, 5) is 30.5. The standard InChI is InChI=1S/C21H17ClN4O4S2/c1-12-3-6-15(11-13(12)2)26-19(27)17(22)18(20(26)28)24-14-4-7-16(8-5-14)32(29,30)25-21-23-9-10-31-21/h3-11,24H,1-2H3,(H,23,25). The van der Waals surface area contributed by atoms with Crippen LogP contribution in [-0.2, 0) is 19.6 Å². The van der Waals surface area contributed by atoms with Crippen molar-refractivity contribution in [1.82, 2.24) is 4.98 Å². The average molecular weight is 489 g/mol. The molecule has 1 aliphatic rings. The zero-order chi connectivity index (χ0) is 23.0. The number of rotatable bonds is 6. The van der Waals surface area contributed by atoms with E-state index < -0.39 is 21.8 Å². The van der Waals surface area contributed by atoms with Crippen molar-refractivity contribution >= 4 is 61.3 Å². The molecular formula is C21H17ClN4O4S2. The summed E-state index contributed by atoms with van der Waals surface area (Å²) in [5.41, 5.74) is 2.71. The highest BCUT2D eigenvalue weighted by atomic mass is 35.5. The lowest BCUT2D eigenvalue weighted by Crippen LogP contribution is -2.32. The first-order valence-corrected chi connectivity index (χ1v) is 12.1. The van der Waals surface area contributed by atoms with Gasteiger partial charge in [0.15, 0.2) is 5.13 Å². The van der Waals surface area contributed by atoms with Gasteiger partial charge in [-0.3, -0.25) is 14.3 Å². The SMILES string of the molecule is Cc1ccc(N2C(=O)C(Cl)=C(Nc3ccc(S(=O)(=O)Nc4nccs4)cc3)C2=O)cc1C. The largest absolute Gasteiger partial charge is 0.350 e. The minimum absolute atomic E-state index is 0.0175. The van der Waals surface area contributed by atoms with Gasteiger partial charge in [0.05, 0.1) is 10.6 Å². The summed E-state index contributed by atoms with van der Waals surface area (Å²) in [5.74, 6) is -1.22. The van der Waals surface area contributed by atoms with Crippen molar-refractivity contribution in [2.75, 3.05) is 14.9 Å². The van der Waals surface area contributed by atoms with Gasteiger partial charge in [0.2, 0.25) is 0 Å². The number of thiazole rings is 1. The second-order valence-corrected chi connectivity index (χ2v) is 9.95. The first-order chi connectivity index (χ1) is 15.2. The average Bonchev–Trinajstić information content (AvgIpc) is 3.33. The van der Waals surface area contributed by atoms with Gasteiger partial charge in [-0.2, -0.15) is 0 Å². The van der Waals surface area contributed by atoms with Gasteiger partial charge in [-0.05, 0) is 61.4 Å². The molecule has 1 aromatic heterocycles. The van der Waals surface area contributed by atoms with Gasteiger partial charge in [-0.15, -0.1) is 11.3 Å². The second kappa shape index (κ2) is 8.38. The monoisotopic (exact) mass is 488 g/mol. The molecule has 3 aromatic rings. The molecule has 0 bridgehead atoms. The summed E-state index contributed by atoms with van der Waals surface area (Å²) in [6.07, 6.45) is 1.49. The maximum absolute atomic E-state index is 12.9. The Bertz CT molecular complexity index is 1350. The van der Waals surface area contributed by atoms with E-state index in [1.54, 1.807) is 17.5 Å². The van der Waals surface area contributed by atoms with E-state index in [-0.39, 0.29) is 20.8 Å². The Kier molecular flexibility index (Phi) is 5.76. The van der Waals surface area contributed by atoms with E-state index in [1.165, 1.54) is 30.5 Å². The maximum Gasteiger partial charge on any atom is 0.283 e. The van der Waals surface area contributed by atoms with Crippen LogP contribution in [-0.4, -0.2) is 25.2 Å². The van der Waals surface area contributed by atoms with Crippen LogP contribution in [0, 0.1) is 13.8 Å². The van der Waals surface area contributed by atoms with E-state index in [1.807, 2.05) is 19.9 Å². The van der Waals surface area contributed by atoms with Crippen molar-refractivity contribution in [2.24, 2.45) is 0 Å². The lowest BCUT2D eigenvalue weighted by atomic mass is 10.1. The number of sulfonamides is 1. The van der Waals surface area contributed by atoms with Gasteiger partial charge in [0.1, 0.15) is 10.7 Å². The minimum Gasteiger partial charge on any atom is -0.350 e. The molecule has 0 saturated carbocycles. The number of amides is 2. The molecule has 0 radical (unpaired) electrons. The predicted molar refractivity (Wildman–Crippen MR) is 124 cm³/mol. The number of halogens is 1. The fourth-order valence-corrected chi connectivity index (χ4v) is 5.02. The van der Waals surface area contributed by atoms with Crippen molar-refractivity contribution in [1.29, 1.82) is 0 Å². The molecule has 8 nitrogen and oxygen atoms in total. The molecule has 0 saturated heterocycles. The number of aromatic nitrogens is 1. The Hall–Kier alpha value is -3.21. The maximum atomic E-state index is 12.9. The molecule has 1 aliphatic heterocycles. The highest BCUT2D eigenvalue weighted by Gasteiger charge is 2.39. The summed E-state index contributed by atoms with van der Waals surface area (Å²) in [7, 11) is -3.81. The van der Waals surface area contributed by atoms with E-state index >= 15 is 0 Å². The Morgan fingerprint density at radius 3 is 2.34 bits per heavy atom. The van der Waals surface area contributed by atoms with Crippen LogP contribution in [0.15, 0.2) is 69.7 Å². The highest BCUT2D eigenvalue weighted by Crippen LogP contribution is 2.31. The van der Waals surface area contributed by atoms with Gasteiger partial charge in [0, 0.05) is 17.3 Å². The van der Waals surface area contributed by atoms with E-state index in [0.717, 1.165) is 27.4 Å². The van der Waals surface area contributed by atoms with Crippen LogP contribution in [0.4, 0.5) is 16.5 Å². The molecule has 2 heterocycles. The highest BCUT2D eigenvalue weighted by molar-refractivity contribution is 7.93. The fraction of sp³-hybridized carbons (Fsp3) is 0.0952. The van der Waals surface area contributed by atoms with Crippen LogP contribution in [0.25, 0.3) is 0 Å². The molecule has 0 fully saturated rings. The number of aryl methyl sites for hydroxylation is 2. The summed E-state index contributed by atoms with van der Waals surface area (Å²) in [6, 6.07) is 10.9. The molecule has 2 N–H and O–H groups in total. The zero-order valence-electron chi connectivity index (χ0n) is 16.9. The van der Waals surface area contributed by atoms with Crippen LogP contribution >= 0.6 is 22.9 Å². The van der Waals surface area contributed by atoms with E-state index in [2.05, 4.69) is 15.0 Å². The number of imide groups is 1. The molecule has 2 aromatic carbocycles. The minimum atomic E-state index is -3.81. The quantitative estimate of drug-likeness (QED) is 0.508. The van der Waals surface area contributed by atoms with Crippen LogP contribution in [0.5, 0.6) is 0 Å². The predicted octanol–water partition coefficient (Wildman–Crippen LogP) is 4.00. The number of hydrogen-bond donors (Lipinski definition) is 2. The summed E-state index contributed by atoms with van der Waals surface area (Å²) in [6.45, 7) is 3.82. The van der Waals surface area contributed by atoms with Crippen molar-refractivity contribution in [3.63, 3.8) is 0 Å². The van der Waals surface area contributed by atoms with Gasteiger partial charge in [-0.1, -0.05) is 17.7 Å². The molecule has 164 valence electrons.